The molecule has 2 rings (SSSR count). The van der Waals surface area contributed by atoms with Gasteiger partial charge in [-0.05, 0) is 36.4 Å². The van der Waals surface area contributed by atoms with E-state index in [-0.39, 0.29) is 21.2 Å². The van der Waals surface area contributed by atoms with E-state index in [1.54, 1.807) is 14.2 Å². The van der Waals surface area contributed by atoms with Crippen LogP contribution in [0.2, 0.25) is 0 Å². The number of hydrogen-bond donors (Lipinski definition) is 0. The van der Waals surface area contributed by atoms with Gasteiger partial charge < -0.3 is 26.7 Å². The number of benzene rings is 2. The number of ether oxygens (including phenoxy) is 2. The Kier molecular flexibility index (Phi) is 8.85. The van der Waals surface area contributed by atoms with Crippen molar-refractivity contribution in [2.75, 3.05) is 14.2 Å². The van der Waals surface area contributed by atoms with Crippen LogP contribution in [-0.2, 0) is 0 Å². The van der Waals surface area contributed by atoms with Crippen molar-refractivity contribution < 1.29 is 47.9 Å². The largest absolute Gasteiger partial charge is 0.673 e. The molecule has 0 unspecified atom stereocenters. The molecule has 24 heavy (non-hydrogen) atoms. The van der Waals surface area contributed by atoms with Gasteiger partial charge in [0.05, 0.1) is 14.2 Å². The van der Waals surface area contributed by atoms with E-state index in [9.17, 15) is 17.3 Å². The minimum absolute atomic E-state index is 0.345. The molecule has 132 valence electrons. The molecule has 0 heterocycles. The smallest absolute Gasteiger partial charge is 0.492 e. The zero-order chi connectivity index (χ0) is 18.3. The topological polar surface area (TPSA) is 18.5 Å². The molecule has 0 aliphatic carbocycles. The predicted molar refractivity (Wildman–Crippen MR) is 89.0 cm³/mol. The third-order valence-corrected chi connectivity index (χ3v) is 6.36. The van der Waals surface area contributed by atoms with Crippen molar-refractivity contribution in [1.82, 2.24) is 0 Å². The molecule has 10 heteroatoms. The van der Waals surface area contributed by atoms with Gasteiger partial charge >= 0.3 is 28.5 Å². The first-order chi connectivity index (χ1) is 11.1. The van der Waals surface area contributed by atoms with Crippen LogP contribution in [0.25, 0.3) is 0 Å². The fraction of sp³-hybridized carbons (Fsp3) is 0.143. The van der Waals surface area contributed by atoms with Gasteiger partial charge in [-0.2, -0.15) is 0 Å². The van der Waals surface area contributed by atoms with Gasteiger partial charge in [-0.25, -0.2) is 0 Å². The minimum Gasteiger partial charge on any atom is -0.492 e. The monoisotopic (exact) mass is 584 g/mol. The van der Waals surface area contributed by atoms with Crippen LogP contribution in [0.15, 0.2) is 45.3 Å². The molecule has 0 aliphatic rings. The summed E-state index contributed by atoms with van der Waals surface area (Å²) < 4.78 is 54.4. The molecule has 0 aliphatic heterocycles. The Morgan fingerprint density at radius 3 is 1.42 bits per heavy atom. The van der Waals surface area contributed by atoms with Crippen molar-refractivity contribution in [2.45, 2.75) is 0 Å². The summed E-state index contributed by atoms with van der Waals surface area (Å²) in [6.07, 6.45) is 0. The van der Waals surface area contributed by atoms with Crippen LogP contribution < -0.4 is 30.7 Å². The molecule has 0 spiro atoms. The second kappa shape index (κ2) is 9.86. The summed E-state index contributed by atoms with van der Waals surface area (Å²) in [6, 6.07) is 12.3. The molecule has 2 aromatic rings. The molecule has 0 N–H and O–H groups in total. The van der Waals surface area contributed by atoms with E-state index >= 15 is 0 Å². The molecule has 0 saturated heterocycles. The average Bonchev–Trinajstić information content (AvgIpc) is 2.48. The molecule has 2 aromatic carbocycles. The van der Waals surface area contributed by atoms with E-state index in [0.29, 0.717) is 0 Å². The summed E-state index contributed by atoms with van der Waals surface area (Å²) in [7, 11) is -2.60. The van der Waals surface area contributed by atoms with Crippen LogP contribution >= 0.6 is 31.9 Å². The third kappa shape index (κ3) is 8.06. The molecule has 0 bridgehead atoms. The molecule has 0 atom stereocenters. The molecular formula is C14H12BBr2F4IO2. The zero-order valence-corrected chi connectivity index (χ0v) is 17.8. The van der Waals surface area contributed by atoms with E-state index < -0.39 is 7.25 Å². The lowest BCUT2D eigenvalue weighted by Crippen LogP contribution is -3.61. The lowest BCUT2D eigenvalue weighted by atomic mass is 10.3. The van der Waals surface area contributed by atoms with Gasteiger partial charge in [0.1, 0.15) is 0 Å². The maximum absolute atomic E-state index is 9.75. The van der Waals surface area contributed by atoms with Crippen molar-refractivity contribution in [3.63, 3.8) is 0 Å². The first-order valence-electron chi connectivity index (χ1n) is 6.33. The van der Waals surface area contributed by atoms with Crippen LogP contribution in [-0.4, -0.2) is 21.5 Å². The van der Waals surface area contributed by atoms with Gasteiger partial charge in [0, 0.05) is 8.95 Å². The average molecular weight is 586 g/mol. The van der Waals surface area contributed by atoms with Gasteiger partial charge in [0.2, 0.25) is 7.14 Å². The maximum atomic E-state index is 9.75. The van der Waals surface area contributed by atoms with Crippen LogP contribution in [0.3, 0.4) is 0 Å². The van der Waals surface area contributed by atoms with Crippen molar-refractivity contribution in [2.24, 2.45) is 0 Å². The molecular weight excluding hydrogens is 574 g/mol. The summed E-state index contributed by atoms with van der Waals surface area (Å²) in [5.74, 6) is 1.85. The van der Waals surface area contributed by atoms with Crippen molar-refractivity contribution in [3.8, 4) is 11.5 Å². The second-order valence-corrected chi connectivity index (χ2v) is 8.84. The van der Waals surface area contributed by atoms with Crippen LogP contribution in [0.1, 0.15) is 0 Å². The van der Waals surface area contributed by atoms with Gasteiger partial charge in [0.15, 0.2) is 11.5 Å². The highest BCUT2D eigenvalue weighted by Crippen LogP contribution is 2.19. The fourth-order valence-corrected chi connectivity index (χ4v) is 4.84. The fourth-order valence-electron chi connectivity index (χ4n) is 1.53. The van der Waals surface area contributed by atoms with Crippen molar-refractivity contribution in [3.05, 3.63) is 52.5 Å². The van der Waals surface area contributed by atoms with Gasteiger partial charge in [-0.1, -0.05) is 31.9 Å². The van der Waals surface area contributed by atoms with Gasteiger partial charge in [-0.3, -0.25) is 0 Å². The van der Waals surface area contributed by atoms with Gasteiger partial charge in [-0.15, -0.1) is 0 Å². The Hall–Kier alpha value is -0.485. The molecule has 0 aromatic heterocycles. The standard InChI is InChI=1S/C14H12Br2IO2.BF4/c1-18-13-7-9(15)3-5-11(13)17-12-6-4-10(16)8-14(12)19-2;2-1(3,4)5/h3-8H,1-2H3;/q+1;-1. The zero-order valence-electron chi connectivity index (χ0n) is 12.5. The summed E-state index contributed by atoms with van der Waals surface area (Å²) in [6.45, 7) is 0. The summed E-state index contributed by atoms with van der Waals surface area (Å²) in [5, 5.41) is 0. The van der Waals surface area contributed by atoms with E-state index in [1.165, 1.54) is 7.14 Å². The molecule has 0 radical (unpaired) electrons. The summed E-state index contributed by atoms with van der Waals surface area (Å²) in [5.41, 5.74) is 0. The minimum atomic E-state index is -6.00. The number of hydrogen-bond acceptors (Lipinski definition) is 2. The van der Waals surface area contributed by atoms with Crippen molar-refractivity contribution in [1.29, 1.82) is 0 Å². The van der Waals surface area contributed by atoms with E-state index in [1.807, 2.05) is 24.3 Å². The maximum Gasteiger partial charge on any atom is 0.673 e. The Bertz CT molecular complexity index is 629. The SMILES string of the molecule is COc1cc(Br)ccc1[I+]c1ccc(Br)cc1OC.F[B-](F)(F)F. The molecule has 0 fully saturated rings. The van der Waals surface area contributed by atoms with Crippen LogP contribution in [0.4, 0.5) is 17.3 Å². The lowest BCUT2D eigenvalue weighted by molar-refractivity contribution is -0.598. The van der Waals surface area contributed by atoms with E-state index in [0.717, 1.165) is 20.4 Å². The Labute approximate surface area is 164 Å². The Balaban J connectivity index is 0.000000505. The number of rotatable bonds is 4. The highest BCUT2D eigenvalue weighted by molar-refractivity contribution is 9.10. The molecule has 0 amide bonds. The second-order valence-electron chi connectivity index (χ2n) is 4.15. The first kappa shape index (κ1) is 21.6. The number of methoxy groups -OCH3 is 2. The first-order valence-corrected chi connectivity index (χ1v) is 10.1. The summed E-state index contributed by atoms with van der Waals surface area (Å²) in [4.78, 5) is 0. The molecule has 2 nitrogen and oxygen atoms in total. The van der Waals surface area contributed by atoms with E-state index in [4.69, 9.17) is 9.47 Å². The number of halogens is 7. The summed E-state index contributed by atoms with van der Waals surface area (Å²) >= 11 is 6.58. The molecule has 0 saturated carbocycles. The third-order valence-electron chi connectivity index (χ3n) is 2.43. The quantitative estimate of drug-likeness (QED) is 0.312. The predicted octanol–water partition coefficient (Wildman–Crippen LogP) is 2.66. The highest BCUT2D eigenvalue weighted by Gasteiger charge is 2.25. The highest BCUT2D eigenvalue weighted by atomic mass is 127. The Morgan fingerprint density at radius 1 is 0.792 bits per heavy atom. The normalized spacial score (nSPS) is 10.7. The van der Waals surface area contributed by atoms with Crippen LogP contribution in [0.5, 0.6) is 11.5 Å². The van der Waals surface area contributed by atoms with Crippen molar-refractivity contribution >= 4 is 39.1 Å². The lowest BCUT2D eigenvalue weighted by Gasteiger charge is -2.02. The Morgan fingerprint density at radius 2 is 1.12 bits per heavy atom. The van der Waals surface area contributed by atoms with Crippen LogP contribution in [0, 0.1) is 7.14 Å². The van der Waals surface area contributed by atoms with Gasteiger partial charge in [0.25, 0.3) is 0 Å². The van der Waals surface area contributed by atoms with E-state index in [2.05, 4.69) is 44.0 Å².